The predicted octanol–water partition coefficient (Wildman–Crippen LogP) is 2.26. The second-order valence-electron chi connectivity index (χ2n) is 1.12. The van der Waals surface area contributed by atoms with E-state index in [1.54, 1.807) is 12.3 Å². The Morgan fingerprint density at radius 3 is 2.25 bits per heavy atom. The fourth-order valence-electron chi connectivity index (χ4n) is 0.279. The minimum absolute atomic E-state index is 0. The van der Waals surface area contributed by atoms with E-state index in [1.165, 1.54) is 0 Å². The molecule has 48 valence electrons. The van der Waals surface area contributed by atoms with Gasteiger partial charge in [0.1, 0.15) is 5.76 Å². The number of hydrogen-bond acceptors (Lipinski definition) is 2. The zero-order chi connectivity index (χ0) is 4.41. The normalized spacial score (nSPS) is 6.62. The van der Waals surface area contributed by atoms with Gasteiger partial charge in [0, 0.05) is 6.07 Å². The van der Waals surface area contributed by atoms with Gasteiger partial charge in [0.15, 0.2) is 0 Å². The van der Waals surface area contributed by atoms with Gasteiger partial charge in [0.05, 0.1) is 6.20 Å². The molecule has 0 radical (unpaired) electrons. The Hall–Kier alpha value is -0.790. The maximum atomic E-state index is 4.58. The average Bonchev–Trinajstić information content (AvgIpc) is 1.86. The van der Waals surface area contributed by atoms with Gasteiger partial charge in [0.2, 0.25) is 0 Å². The summed E-state index contributed by atoms with van der Waals surface area (Å²) in [6, 6.07) is 1.81. The van der Waals surface area contributed by atoms with Crippen molar-refractivity contribution < 1.29 is 4.52 Å². The Morgan fingerprint density at radius 1 is 1.50 bits per heavy atom. The second kappa shape index (κ2) is 4.37. The van der Waals surface area contributed by atoms with E-state index in [4.69, 9.17) is 0 Å². The summed E-state index contributed by atoms with van der Waals surface area (Å²) in [6.07, 6.45) is 1.62. The third-order valence-corrected chi connectivity index (χ3v) is 0.567. The summed E-state index contributed by atoms with van der Waals surface area (Å²) in [5, 5.41) is 3.45. The molecule has 0 bridgehead atoms. The maximum Gasteiger partial charge on any atom is 0.133 e. The molecule has 1 aromatic rings. The van der Waals surface area contributed by atoms with Gasteiger partial charge in [-0.2, -0.15) is 0 Å². The first-order chi connectivity index (χ1) is 2.89. The van der Waals surface area contributed by atoms with E-state index >= 15 is 0 Å². The zero-order valence-corrected chi connectivity index (χ0v) is 3.51. The van der Waals surface area contributed by atoms with Crippen molar-refractivity contribution >= 4 is 0 Å². The van der Waals surface area contributed by atoms with Crippen molar-refractivity contribution in [1.82, 2.24) is 5.16 Å². The highest BCUT2D eigenvalue weighted by Crippen LogP contribution is 1.88. The average molecular weight is 115 g/mol. The van der Waals surface area contributed by atoms with Crippen molar-refractivity contribution in [3.63, 3.8) is 0 Å². The number of aromatic nitrogens is 1. The van der Waals surface area contributed by atoms with Gasteiger partial charge in [-0.25, -0.2) is 0 Å². The Bertz CT molecular complexity index is 112. The molecule has 0 saturated heterocycles. The van der Waals surface area contributed by atoms with Crippen LogP contribution < -0.4 is 0 Å². The van der Waals surface area contributed by atoms with E-state index in [1.807, 2.05) is 6.92 Å². The molecule has 0 aliphatic heterocycles. The third-order valence-electron chi connectivity index (χ3n) is 0.567. The Labute approximate surface area is 50.5 Å². The van der Waals surface area contributed by atoms with E-state index in [-0.39, 0.29) is 14.9 Å². The lowest BCUT2D eigenvalue weighted by Crippen LogP contribution is -1.50. The summed E-state index contributed by atoms with van der Waals surface area (Å²) in [5.41, 5.74) is 0. The number of hydrogen-bond donors (Lipinski definition) is 0. The topological polar surface area (TPSA) is 26.0 Å². The molecule has 0 atom stereocenters. The summed E-state index contributed by atoms with van der Waals surface area (Å²) in [4.78, 5) is 0. The van der Waals surface area contributed by atoms with Crippen LogP contribution in [0.4, 0.5) is 0 Å². The van der Waals surface area contributed by atoms with Gasteiger partial charge in [-0.05, 0) is 6.92 Å². The first-order valence-corrected chi connectivity index (χ1v) is 1.77. The minimum atomic E-state index is 0. The molecule has 0 aliphatic rings. The van der Waals surface area contributed by atoms with Crippen LogP contribution in [0, 0.1) is 6.92 Å². The van der Waals surface area contributed by atoms with Gasteiger partial charge in [0.25, 0.3) is 0 Å². The molecule has 2 nitrogen and oxygen atoms in total. The minimum Gasteiger partial charge on any atom is -0.362 e. The molecule has 0 saturated carbocycles. The van der Waals surface area contributed by atoms with Crippen LogP contribution in [0.3, 0.4) is 0 Å². The summed E-state index contributed by atoms with van der Waals surface area (Å²) < 4.78 is 4.58. The molecule has 0 spiro atoms. The highest BCUT2D eigenvalue weighted by Gasteiger charge is 1.78. The summed E-state index contributed by atoms with van der Waals surface area (Å²) in [6.45, 7) is 1.85. The van der Waals surface area contributed by atoms with Crippen LogP contribution >= 0.6 is 0 Å². The van der Waals surface area contributed by atoms with E-state index < -0.39 is 0 Å². The SMILES string of the molecule is C.C.Cc1ccno1. The molecule has 1 rings (SSSR count). The number of rotatable bonds is 0. The Kier molecular flexibility index (Phi) is 5.60. The summed E-state index contributed by atoms with van der Waals surface area (Å²) in [5.74, 6) is 0.856. The lowest BCUT2D eigenvalue weighted by molar-refractivity contribution is 0.397. The standard InChI is InChI=1S/C4H5NO.2CH4/c1-4-2-3-5-6-4;;/h2-3H,1H3;2*1H4. The van der Waals surface area contributed by atoms with Crippen LogP contribution in [0.25, 0.3) is 0 Å². The Balaban J connectivity index is 0. The number of aryl methyl sites for hydroxylation is 1. The van der Waals surface area contributed by atoms with Crippen molar-refractivity contribution in [2.24, 2.45) is 0 Å². The molecule has 0 N–H and O–H groups in total. The monoisotopic (exact) mass is 115 g/mol. The molecule has 0 amide bonds. The van der Waals surface area contributed by atoms with Crippen molar-refractivity contribution in [3.8, 4) is 0 Å². The van der Waals surface area contributed by atoms with Crippen molar-refractivity contribution in [2.45, 2.75) is 21.8 Å². The smallest absolute Gasteiger partial charge is 0.133 e. The van der Waals surface area contributed by atoms with Crippen LogP contribution in [0.1, 0.15) is 20.6 Å². The first-order valence-electron chi connectivity index (χ1n) is 1.77. The van der Waals surface area contributed by atoms with Crippen molar-refractivity contribution in [1.29, 1.82) is 0 Å². The molecule has 0 unspecified atom stereocenters. The highest BCUT2D eigenvalue weighted by atomic mass is 16.5. The molecular weight excluding hydrogens is 102 g/mol. The zero-order valence-electron chi connectivity index (χ0n) is 3.51. The van der Waals surface area contributed by atoms with Crippen LogP contribution in [0.15, 0.2) is 16.8 Å². The van der Waals surface area contributed by atoms with Crippen molar-refractivity contribution in [3.05, 3.63) is 18.0 Å². The van der Waals surface area contributed by atoms with Crippen molar-refractivity contribution in [2.75, 3.05) is 0 Å². The van der Waals surface area contributed by atoms with E-state index in [2.05, 4.69) is 9.68 Å². The molecule has 1 aromatic heterocycles. The molecule has 8 heavy (non-hydrogen) atoms. The lowest BCUT2D eigenvalue weighted by Gasteiger charge is -1.65. The molecule has 0 aliphatic carbocycles. The largest absolute Gasteiger partial charge is 0.362 e. The highest BCUT2D eigenvalue weighted by molar-refractivity contribution is 4.87. The summed E-state index contributed by atoms with van der Waals surface area (Å²) in [7, 11) is 0. The molecule has 1 heterocycles. The fourth-order valence-corrected chi connectivity index (χ4v) is 0.279. The lowest BCUT2D eigenvalue weighted by atomic mass is 10.5. The molecule has 0 aromatic carbocycles. The summed E-state index contributed by atoms with van der Waals surface area (Å²) >= 11 is 0. The van der Waals surface area contributed by atoms with Gasteiger partial charge in [-0.1, -0.05) is 20.0 Å². The molecular formula is C6H13NO. The predicted molar refractivity (Wildman–Crippen MR) is 34.7 cm³/mol. The van der Waals surface area contributed by atoms with Crippen LogP contribution in [-0.2, 0) is 0 Å². The number of nitrogens with zero attached hydrogens (tertiary/aromatic N) is 1. The first kappa shape index (κ1) is 10.2. The molecule has 0 fully saturated rings. The van der Waals surface area contributed by atoms with Gasteiger partial charge >= 0.3 is 0 Å². The van der Waals surface area contributed by atoms with E-state index in [0.29, 0.717) is 0 Å². The maximum absolute atomic E-state index is 4.58. The second-order valence-corrected chi connectivity index (χ2v) is 1.12. The van der Waals surface area contributed by atoms with Gasteiger partial charge in [-0.15, -0.1) is 0 Å². The third kappa shape index (κ3) is 2.39. The van der Waals surface area contributed by atoms with Crippen LogP contribution in [0.5, 0.6) is 0 Å². The quantitative estimate of drug-likeness (QED) is 0.518. The van der Waals surface area contributed by atoms with E-state index in [9.17, 15) is 0 Å². The van der Waals surface area contributed by atoms with E-state index in [0.717, 1.165) is 5.76 Å². The molecule has 2 heteroatoms. The van der Waals surface area contributed by atoms with Gasteiger partial charge in [-0.3, -0.25) is 0 Å². The van der Waals surface area contributed by atoms with Crippen LogP contribution in [-0.4, -0.2) is 5.16 Å². The van der Waals surface area contributed by atoms with Crippen LogP contribution in [0.2, 0.25) is 0 Å². The Morgan fingerprint density at radius 2 is 2.12 bits per heavy atom. The van der Waals surface area contributed by atoms with Gasteiger partial charge < -0.3 is 4.52 Å². The fraction of sp³-hybridized carbons (Fsp3) is 0.500.